The fourth-order valence-corrected chi connectivity index (χ4v) is 4.29. The minimum absolute atomic E-state index is 0.0110. The second-order valence-electron chi connectivity index (χ2n) is 7.59. The molecule has 27 heavy (non-hydrogen) atoms. The van der Waals surface area contributed by atoms with Gasteiger partial charge < -0.3 is 9.80 Å². The SMILES string of the molecule is Cc1cccc(CN2CCC3(CCCN(C(=O)c4ccncc4)C3)C2=O)n1. The van der Waals surface area contributed by atoms with Crippen LogP contribution >= 0.6 is 0 Å². The maximum atomic E-state index is 13.2. The van der Waals surface area contributed by atoms with Crippen LogP contribution in [0.2, 0.25) is 0 Å². The van der Waals surface area contributed by atoms with E-state index in [0.717, 1.165) is 37.2 Å². The molecule has 0 saturated carbocycles. The molecule has 2 aliphatic rings. The van der Waals surface area contributed by atoms with Gasteiger partial charge in [0, 0.05) is 43.3 Å². The van der Waals surface area contributed by atoms with Gasteiger partial charge in [-0.3, -0.25) is 19.6 Å². The molecule has 4 rings (SSSR count). The Morgan fingerprint density at radius 1 is 1.15 bits per heavy atom. The highest BCUT2D eigenvalue weighted by atomic mass is 16.2. The summed E-state index contributed by atoms with van der Waals surface area (Å²) in [5, 5.41) is 0. The van der Waals surface area contributed by atoms with Gasteiger partial charge in [0.05, 0.1) is 17.7 Å². The molecule has 6 heteroatoms. The van der Waals surface area contributed by atoms with E-state index in [9.17, 15) is 9.59 Å². The van der Waals surface area contributed by atoms with E-state index in [1.165, 1.54) is 0 Å². The molecule has 2 saturated heterocycles. The number of hydrogen-bond donors (Lipinski definition) is 0. The van der Waals surface area contributed by atoms with Crippen LogP contribution in [0.1, 0.15) is 41.0 Å². The first-order valence-corrected chi connectivity index (χ1v) is 9.49. The van der Waals surface area contributed by atoms with Crippen molar-refractivity contribution >= 4 is 11.8 Å². The Bertz CT molecular complexity index is 854. The van der Waals surface area contributed by atoms with Crippen LogP contribution in [0.15, 0.2) is 42.7 Å². The highest BCUT2D eigenvalue weighted by Crippen LogP contribution is 2.40. The van der Waals surface area contributed by atoms with E-state index in [1.807, 2.05) is 34.9 Å². The van der Waals surface area contributed by atoms with E-state index < -0.39 is 5.41 Å². The van der Waals surface area contributed by atoms with E-state index in [2.05, 4.69) is 9.97 Å². The Labute approximate surface area is 159 Å². The lowest BCUT2D eigenvalue weighted by Gasteiger charge is -2.39. The Morgan fingerprint density at radius 2 is 1.96 bits per heavy atom. The van der Waals surface area contributed by atoms with Crippen molar-refractivity contribution in [2.75, 3.05) is 19.6 Å². The third-order valence-electron chi connectivity index (χ3n) is 5.69. The Morgan fingerprint density at radius 3 is 2.74 bits per heavy atom. The summed E-state index contributed by atoms with van der Waals surface area (Å²) in [5.74, 6) is 0.154. The highest BCUT2D eigenvalue weighted by molar-refractivity contribution is 5.95. The van der Waals surface area contributed by atoms with Gasteiger partial charge in [-0.2, -0.15) is 0 Å². The van der Waals surface area contributed by atoms with Crippen molar-refractivity contribution in [1.29, 1.82) is 0 Å². The first kappa shape index (κ1) is 17.6. The van der Waals surface area contributed by atoms with Gasteiger partial charge in [0.15, 0.2) is 0 Å². The standard InChI is InChI=1S/C21H24N4O2/c1-16-4-2-5-18(23-16)14-24-13-9-21(20(24)27)8-3-12-25(15-21)19(26)17-6-10-22-11-7-17/h2,4-7,10-11H,3,8-9,12-15H2,1H3. The minimum Gasteiger partial charge on any atom is -0.338 e. The van der Waals surface area contributed by atoms with E-state index in [-0.39, 0.29) is 11.8 Å². The number of amides is 2. The van der Waals surface area contributed by atoms with Crippen LogP contribution in [0.5, 0.6) is 0 Å². The second-order valence-corrected chi connectivity index (χ2v) is 7.59. The zero-order chi connectivity index (χ0) is 18.9. The molecule has 140 valence electrons. The number of aryl methyl sites for hydroxylation is 1. The summed E-state index contributed by atoms with van der Waals surface area (Å²) in [6, 6.07) is 9.36. The smallest absolute Gasteiger partial charge is 0.253 e. The third kappa shape index (κ3) is 3.44. The average molecular weight is 364 g/mol. The van der Waals surface area contributed by atoms with Crippen molar-refractivity contribution < 1.29 is 9.59 Å². The number of rotatable bonds is 3. The highest BCUT2D eigenvalue weighted by Gasteiger charge is 2.49. The molecule has 1 spiro atoms. The predicted octanol–water partition coefficient (Wildman–Crippen LogP) is 2.44. The molecule has 0 aliphatic carbocycles. The predicted molar refractivity (Wildman–Crippen MR) is 101 cm³/mol. The Balaban J connectivity index is 1.48. The average Bonchev–Trinajstić information content (AvgIpc) is 2.97. The van der Waals surface area contributed by atoms with Gasteiger partial charge in [0.25, 0.3) is 5.91 Å². The molecule has 2 aromatic heterocycles. The van der Waals surface area contributed by atoms with Crippen LogP contribution in [-0.2, 0) is 11.3 Å². The lowest BCUT2D eigenvalue weighted by Crippen LogP contribution is -2.49. The van der Waals surface area contributed by atoms with Crippen molar-refractivity contribution in [3.63, 3.8) is 0 Å². The number of hydrogen-bond acceptors (Lipinski definition) is 4. The fourth-order valence-electron chi connectivity index (χ4n) is 4.29. The van der Waals surface area contributed by atoms with Gasteiger partial charge in [0.1, 0.15) is 0 Å². The first-order valence-electron chi connectivity index (χ1n) is 9.49. The zero-order valence-corrected chi connectivity index (χ0v) is 15.6. The molecule has 2 fully saturated rings. The van der Waals surface area contributed by atoms with Gasteiger partial charge in [-0.05, 0) is 50.5 Å². The molecule has 2 amide bonds. The number of carbonyl (C=O) groups excluding carboxylic acids is 2. The van der Waals surface area contributed by atoms with Crippen LogP contribution in [0.25, 0.3) is 0 Å². The molecule has 2 aromatic rings. The van der Waals surface area contributed by atoms with E-state index in [1.54, 1.807) is 24.5 Å². The molecule has 0 bridgehead atoms. The minimum atomic E-state index is -0.440. The van der Waals surface area contributed by atoms with Crippen LogP contribution in [0.4, 0.5) is 0 Å². The maximum Gasteiger partial charge on any atom is 0.253 e. The summed E-state index contributed by atoms with van der Waals surface area (Å²) in [6.07, 6.45) is 5.77. The molecule has 0 radical (unpaired) electrons. The third-order valence-corrected chi connectivity index (χ3v) is 5.69. The lowest BCUT2D eigenvalue weighted by molar-refractivity contribution is -0.138. The number of likely N-dealkylation sites (tertiary alicyclic amines) is 2. The van der Waals surface area contributed by atoms with Crippen molar-refractivity contribution in [3.8, 4) is 0 Å². The molecule has 1 atom stereocenters. The van der Waals surface area contributed by atoms with Crippen molar-refractivity contribution in [2.24, 2.45) is 5.41 Å². The maximum absolute atomic E-state index is 13.2. The van der Waals surface area contributed by atoms with Crippen LogP contribution < -0.4 is 0 Å². The largest absolute Gasteiger partial charge is 0.338 e. The van der Waals surface area contributed by atoms with E-state index >= 15 is 0 Å². The first-order chi connectivity index (χ1) is 13.1. The normalized spacial score (nSPS) is 22.5. The summed E-state index contributed by atoms with van der Waals surface area (Å²) >= 11 is 0. The van der Waals surface area contributed by atoms with Gasteiger partial charge in [0.2, 0.25) is 5.91 Å². The van der Waals surface area contributed by atoms with Gasteiger partial charge >= 0.3 is 0 Å². The summed E-state index contributed by atoms with van der Waals surface area (Å²) in [6.45, 7) is 4.44. The quantitative estimate of drug-likeness (QED) is 0.839. The van der Waals surface area contributed by atoms with Gasteiger partial charge in [-0.25, -0.2) is 0 Å². The number of piperidine rings is 1. The summed E-state index contributed by atoms with van der Waals surface area (Å²) < 4.78 is 0. The zero-order valence-electron chi connectivity index (χ0n) is 15.6. The molecular formula is C21H24N4O2. The fraction of sp³-hybridized carbons (Fsp3) is 0.429. The Kier molecular flexibility index (Phi) is 4.64. The molecule has 2 aliphatic heterocycles. The molecule has 0 aromatic carbocycles. The van der Waals surface area contributed by atoms with Gasteiger partial charge in [-0.1, -0.05) is 6.07 Å². The Hall–Kier alpha value is -2.76. The van der Waals surface area contributed by atoms with E-state index in [0.29, 0.717) is 25.2 Å². The molecule has 1 unspecified atom stereocenters. The molecule has 4 heterocycles. The van der Waals surface area contributed by atoms with Crippen molar-refractivity contribution in [2.45, 2.75) is 32.7 Å². The monoisotopic (exact) mass is 364 g/mol. The van der Waals surface area contributed by atoms with Crippen molar-refractivity contribution in [3.05, 3.63) is 59.7 Å². The number of aromatic nitrogens is 2. The number of carbonyl (C=O) groups is 2. The van der Waals surface area contributed by atoms with Gasteiger partial charge in [-0.15, -0.1) is 0 Å². The lowest BCUT2D eigenvalue weighted by atomic mass is 9.78. The number of pyridine rings is 2. The van der Waals surface area contributed by atoms with E-state index in [4.69, 9.17) is 0 Å². The summed E-state index contributed by atoms with van der Waals surface area (Å²) in [5.41, 5.74) is 2.07. The van der Waals surface area contributed by atoms with Crippen LogP contribution in [-0.4, -0.2) is 51.2 Å². The number of nitrogens with zero attached hydrogens (tertiary/aromatic N) is 4. The molecular weight excluding hydrogens is 340 g/mol. The second kappa shape index (κ2) is 7.10. The molecule has 0 N–H and O–H groups in total. The molecule has 6 nitrogen and oxygen atoms in total. The summed E-state index contributed by atoms with van der Waals surface area (Å²) in [7, 11) is 0. The van der Waals surface area contributed by atoms with Crippen molar-refractivity contribution in [1.82, 2.24) is 19.8 Å². The summed E-state index contributed by atoms with van der Waals surface area (Å²) in [4.78, 5) is 38.3. The van der Waals surface area contributed by atoms with Crippen LogP contribution in [0, 0.1) is 12.3 Å². The van der Waals surface area contributed by atoms with Crippen LogP contribution in [0.3, 0.4) is 0 Å². The topological polar surface area (TPSA) is 66.4 Å².